The molecule has 2 aromatic rings. The lowest BCUT2D eigenvalue weighted by atomic mass is 9.85. The Labute approximate surface area is 208 Å². The average Bonchev–Trinajstić information content (AvgIpc) is 3.14. The Balaban J connectivity index is 1.48. The maximum absolute atomic E-state index is 13.8. The predicted octanol–water partition coefficient (Wildman–Crippen LogP) is 3.72. The molecule has 0 aromatic heterocycles. The first-order valence-corrected chi connectivity index (χ1v) is 12.7. The Morgan fingerprint density at radius 3 is 2.26 bits per heavy atom. The summed E-state index contributed by atoms with van der Waals surface area (Å²) in [6.07, 6.45) is 3.57. The molecule has 0 aliphatic carbocycles. The van der Waals surface area contributed by atoms with Crippen molar-refractivity contribution >= 4 is 23.4 Å². The molecule has 2 fully saturated rings. The Hall–Kier alpha value is -3.35. The number of nitrogens with one attached hydrogen (secondary N) is 1. The minimum Gasteiger partial charge on any atom is -0.348 e. The molecule has 2 aliphatic rings. The van der Waals surface area contributed by atoms with Crippen molar-refractivity contribution in [1.82, 2.24) is 15.1 Å². The molecule has 2 heterocycles. The van der Waals surface area contributed by atoms with E-state index in [9.17, 15) is 14.4 Å². The molecule has 2 saturated heterocycles. The number of anilines is 1. The van der Waals surface area contributed by atoms with E-state index in [-0.39, 0.29) is 30.3 Å². The summed E-state index contributed by atoms with van der Waals surface area (Å²) in [5, 5.41) is 3.03. The van der Waals surface area contributed by atoms with E-state index in [2.05, 4.69) is 17.1 Å². The van der Waals surface area contributed by atoms with Crippen molar-refractivity contribution in [1.29, 1.82) is 0 Å². The minimum atomic E-state index is -0.728. The van der Waals surface area contributed by atoms with Gasteiger partial charge in [0.15, 0.2) is 0 Å². The molecule has 1 spiro atoms. The van der Waals surface area contributed by atoms with Gasteiger partial charge in [0.05, 0.1) is 12.7 Å². The summed E-state index contributed by atoms with van der Waals surface area (Å²) < 4.78 is 0. The number of hydrogen-bond acceptors (Lipinski definition) is 4. The van der Waals surface area contributed by atoms with Gasteiger partial charge >= 0.3 is 0 Å². The Morgan fingerprint density at radius 2 is 1.63 bits per heavy atom. The van der Waals surface area contributed by atoms with Crippen LogP contribution in [0, 0.1) is 0 Å². The van der Waals surface area contributed by atoms with E-state index < -0.39 is 5.54 Å². The van der Waals surface area contributed by atoms with Crippen molar-refractivity contribution in [3.8, 4) is 0 Å². The van der Waals surface area contributed by atoms with Gasteiger partial charge in [-0.1, -0.05) is 61.9 Å². The molecule has 1 unspecified atom stereocenters. The van der Waals surface area contributed by atoms with Crippen molar-refractivity contribution in [3.63, 3.8) is 0 Å². The molecule has 2 aliphatic heterocycles. The molecule has 3 amide bonds. The summed E-state index contributed by atoms with van der Waals surface area (Å²) >= 11 is 0. The van der Waals surface area contributed by atoms with E-state index in [0.717, 1.165) is 24.1 Å². The molecule has 7 heteroatoms. The highest BCUT2D eigenvalue weighted by molar-refractivity contribution is 5.96. The first-order valence-electron chi connectivity index (χ1n) is 12.7. The number of hydrogen-bond donors (Lipinski definition) is 1. The molecule has 1 N–H and O–H groups in total. The molecule has 0 bridgehead atoms. The zero-order valence-corrected chi connectivity index (χ0v) is 20.8. The summed E-state index contributed by atoms with van der Waals surface area (Å²) in [6.45, 7) is 5.52. The van der Waals surface area contributed by atoms with E-state index in [1.165, 1.54) is 0 Å². The van der Waals surface area contributed by atoms with Crippen LogP contribution in [-0.2, 0) is 14.4 Å². The maximum atomic E-state index is 13.8. The standard InChI is InChI=1S/C28H36N4O3/c1-3-4-15-26(34)30-18-16-28(17-19-30)27(35)31(21-32(28)24-13-9-6-10-14-24)20-25(33)29-22(2)23-11-7-5-8-12-23/h5-14,22H,3-4,15-21H2,1-2H3,(H,29,33). The Morgan fingerprint density at radius 1 is 1.00 bits per heavy atom. The van der Waals surface area contributed by atoms with E-state index >= 15 is 0 Å². The molecule has 1 atom stereocenters. The Kier molecular flexibility index (Phi) is 7.73. The maximum Gasteiger partial charge on any atom is 0.250 e. The highest BCUT2D eigenvalue weighted by Gasteiger charge is 2.54. The fraction of sp³-hybridized carbons (Fsp3) is 0.464. The van der Waals surface area contributed by atoms with Crippen LogP contribution in [0.4, 0.5) is 5.69 Å². The summed E-state index contributed by atoms with van der Waals surface area (Å²) in [5.74, 6) is -0.0268. The number of para-hydroxylation sites is 1. The summed E-state index contributed by atoms with van der Waals surface area (Å²) in [7, 11) is 0. The molecule has 35 heavy (non-hydrogen) atoms. The van der Waals surface area contributed by atoms with E-state index in [4.69, 9.17) is 0 Å². The van der Waals surface area contributed by atoms with Gasteiger partial charge in [0, 0.05) is 25.2 Å². The molecule has 0 saturated carbocycles. The first kappa shape index (κ1) is 24.8. The summed E-state index contributed by atoms with van der Waals surface area (Å²) in [4.78, 5) is 45.0. The SMILES string of the molecule is CCCCC(=O)N1CCC2(CC1)C(=O)N(CC(=O)NC(C)c1ccccc1)CN2c1ccccc1. The number of amides is 3. The average molecular weight is 477 g/mol. The van der Waals surface area contributed by atoms with Crippen LogP contribution in [0.3, 0.4) is 0 Å². The van der Waals surface area contributed by atoms with Crippen LogP contribution in [0.5, 0.6) is 0 Å². The number of piperidine rings is 1. The molecule has 7 nitrogen and oxygen atoms in total. The van der Waals surface area contributed by atoms with Crippen LogP contribution >= 0.6 is 0 Å². The summed E-state index contributed by atoms with van der Waals surface area (Å²) in [6, 6.07) is 19.6. The molecule has 186 valence electrons. The van der Waals surface area contributed by atoms with E-state index in [1.54, 1.807) is 4.90 Å². The lowest BCUT2D eigenvalue weighted by Gasteiger charge is -2.43. The molecule has 4 rings (SSSR count). The number of unbranched alkanes of at least 4 members (excludes halogenated alkanes) is 1. The lowest BCUT2D eigenvalue weighted by molar-refractivity contribution is -0.140. The Bertz CT molecular complexity index is 1020. The fourth-order valence-corrected chi connectivity index (χ4v) is 5.22. The van der Waals surface area contributed by atoms with Crippen molar-refractivity contribution in [2.75, 3.05) is 31.2 Å². The van der Waals surface area contributed by atoms with Gasteiger partial charge in [-0.25, -0.2) is 0 Å². The van der Waals surface area contributed by atoms with Crippen LogP contribution < -0.4 is 10.2 Å². The minimum absolute atomic E-state index is 0.0141. The molecule has 2 aromatic carbocycles. The zero-order chi connectivity index (χ0) is 24.8. The van der Waals surface area contributed by atoms with Gasteiger partial charge in [0.1, 0.15) is 12.1 Å². The molecular formula is C28H36N4O3. The fourth-order valence-electron chi connectivity index (χ4n) is 5.22. The van der Waals surface area contributed by atoms with E-state index in [0.29, 0.717) is 39.0 Å². The van der Waals surface area contributed by atoms with Crippen molar-refractivity contribution < 1.29 is 14.4 Å². The number of rotatable bonds is 8. The van der Waals surface area contributed by atoms with Gasteiger partial charge in [-0.3, -0.25) is 14.4 Å². The van der Waals surface area contributed by atoms with Crippen LogP contribution in [0.1, 0.15) is 57.6 Å². The van der Waals surface area contributed by atoms with Crippen LogP contribution in [0.2, 0.25) is 0 Å². The van der Waals surface area contributed by atoms with Crippen LogP contribution in [-0.4, -0.2) is 59.4 Å². The van der Waals surface area contributed by atoms with Gasteiger partial charge in [-0.15, -0.1) is 0 Å². The van der Waals surface area contributed by atoms with Gasteiger partial charge in [-0.2, -0.15) is 0 Å². The molecular weight excluding hydrogens is 440 g/mol. The second-order valence-electron chi connectivity index (χ2n) is 9.62. The number of benzene rings is 2. The van der Waals surface area contributed by atoms with Gasteiger partial charge in [0.25, 0.3) is 5.91 Å². The van der Waals surface area contributed by atoms with Crippen molar-refractivity contribution in [3.05, 3.63) is 66.2 Å². The zero-order valence-electron chi connectivity index (χ0n) is 20.8. The van der Waals surface area contributed by atoms with E-state index in [1.807, 2.05) is 72.5 Å². The largest absolute Gasteiger partial charge is 0.348 e. The monoisotopic (exact) mass is 476 g/mol. The second-order valence-corrected chi connectivity index (χ2v) is 9.62. The smallest absolute Gasteiger partial charge is 0.250 e. The van der Waals surface area contributed by atoms with Crippen LogP contribution in [0.25, 0.3) is 0 Å². The van der Waals surface area contributed by atoms with Crippen molar-refractivity contribution in [2.45, 2.75) is 57.5 Å². The normalized spacial score (nSPS) is 18.1. The third kappa shape index (κ3) is 5.34. The quantitative estimate of drug-likeness (QED) is 0.630. The third-order valence-corrected chi connectivity index (χ3v) is 7.28. The topological polar surface area (TPSA) is 73.0 Å². The third-order valence-electron chi connectivity index (χ3n) is 7.28. The van der Waals surface area contributed by atoms with Gasteiger partial charge in [-0.05, 0) is 43.9 Å². The van der Waals surface area contributed by atoms with Crippen molar-refractivity contribution in [2.24, 2.45) is 0 Å². The predicted molar refractivity (Wildman–Crippen MR) is 137 cm³/mol. The lowest BCUT2D eigenvalue weighted by Crippen LogP contribution is -2.57. The van der Waals surface area contributed by atoms with Gasteiger partial charge < -0.3 is 20.0 Å². The number of likely N-dealkylation sites (tertiary alicyclic amines) is 1. The van der Waals surface area contributed by atoms with Crippen LogP contribution in [0.15, 0.2) is 60.7 Å². The number of nitrogens with zero attached hydrogens (tertiary/aromatic N) is 3. The summed E-state index contributed by atoms with van der Waals surface area (Å²) in [5.41, 5.74) is 1.26. The van der Waals surface area contributed by atoms with Gasteiger partial charge in [0.2, 0.25) is 11.8 Å². The highest BCUT2D eigenvalue weighted by Crippen LogP contribution is 2.39. The highest BCUT2D eigenvalue weighted by atomic mass is 16.2. The molecule has 0 radical (unpaired) electrons. The number of carbonyl (C=O) groups excluding carboxylic acids is 3. The number of carbonyl (C=O) groups is 3. The first-order chi connectivity index (χ1) is 16.9. The second kappa shape index (κ2) is 10.9.